The van der Waals surface area contributed by atoms with Crippen LogP contribution >= 0.6 is 0 Å². The van der Waals surface area contributed by atoms with Gasteiger partial charge in [-0.25, -0.2) is 0 Å². The smallest absolute Gasteiger partial charge is 0.256 e. The number of fused-ring (bicyclic) bond motifs is 1. The number of hydrogen-bond donors (Lipinski definition) is 1. The summed E-state index contributed by atoms with van der Waals surface area (Å²) in [5, 5.41) is 3.13. The molecule has 2 aromatic rings. The van der Waals surface area contributed by atoms with Crippen molar-refractivity contribution in [1.82, 2.24) is 5.32 Å². The third-order valence-electron chi connectivity index (χ3n) is 4.96. The minimum Gasteiger partial charge on any atom is -0.321 e. The second-order valence-electron chi connectivity index (χ2n) is 6.75. The van der Waals surface area contributed by atoms with E-state index in [-0.39, 0.29) is 5.91 Å². The molecule has 0 aromatic heterocycles. The van der Waals surface area contributed by atoms with Crippen LogP contribution < -0.4 is 5.32 Å². The van der Waals surface area contributed by atoms with Gasteiger partial charge in [-0.2, -0.15) is 0 Å². The molecule has 4 rings (SSSR count). The van der Waals surface area contributed by atoms with Gasteiger partial charge < -0.3 is 5.32 Å². The Bertz CT molecular complexity index is 867. The van der Waals surface area contributed by atoms with Crippen molar-refractivity contribution in [3.05, 3.63) is 81.9 Å². The average molecular weight is 315 g/mol. The number of amides is 1. The maximum absolute atomic E-state index is 12.7. The van der Waals surface area contributed by atoms with E-state index >= 15 is 0 Å². The van der Waals surface area contributed by atoms with Crippen LogP contribution in [0.4, 0.5) is 0 Å². The Balaban J connectivity index is 1.86. The quantitative estimate of drug-likeness (QED) is 0.849. The predicted molar refractivity (Wildman–Crippen MR) is 98.2 cm³/mol. The zero-order valence-corrected chi connectivity index (χ0v) is 14.1. The molecule has 0 radical (unpaired) electrons. The fourth-order valence-electron chi connectivity index (χ4n) is 3.66. The number of nitrogens with one attached hydrogen (secondary N) is 1. The van der Waals surface area contributed by atoms with Gasteiger partial charge in [0.25, 0.3) is 5.91 Å². The third-order valence-corrected chi connectivity index (χ3v) is 4.96. The Morgan fingerprint density at radius 3 is 1.92 bits per heavy atom. The molecule has 1 heterocycles. The predicted octanol–water partition coefficient (Wildman–Crippen LogP) is 4.78. The zero-order chi connectivity index (χ0) is 16.7. The molecule has 1 aliphatic carbocycles. The van der Waals surface area contributed by atoms with Crippen LogP contribution in [0.2, 0.25) is 0 Å². The summed E-state index contributed by atoms with van der Waals surface area (Å²) in [4.78, 5) is 12.7. The fourth-order valence-corrected chi connectivity index (χ4v) is 3.66. The van der Waals surface area contributed by atoms with Crippen LogP contribution in [0.15, 0.2) is 59.7 Å². The summed E-state index contributed by atoms with van der Waals surface area (Å²) >= 11 is 0. The van der Waals surface area contributed by atoms with Crippen molar-refractivity contribution in [2.24, 2.45) is 0 Å². The van der Waals surface area contributed by atoms with Crippen molar-refractivity contribution >= 4 is 17.2 Å². The minimum absolute atomic E-state index is 0.0517. The highest BCUT2D eigenvalue weighted by Gasteiger charge is 2.33. The SMILES string of the molecule is Cc1ccc(C2=C3C(=O)NC(c4ccc(C)cc4)=C3CCC2)cc1. The lowest BCUT2D eigenvalue weighted by Crippen LogP contribution is -2.17. The van der Waals surface area contributed by atoms with Crippen LogP contribution in [0, 0.1) is 13.8 Å². The Hall–Kier alpha value is -2.61. The standard InChI is InChI=1S/C22H21NO/c1-14-6-10-16(11-7-14)18-4-3-5-19-20(18)22(24)23-21(19)17-12-8-15(2)9-13-17/h6-13H,3-5H2,1-2H3,(H,23,24). The molecule has 120 valence electrons. The van der Waals surface area contributed by atoms with E-state index in [9.17, 15) is 4.79 Å². The maximum atomic E-state index is 12.7. The van der Waals surface area contributed by atoms with E-state index in [1.807, 2.05) is 0 Å². The van der Waals surface area contributed by atoms with E-state index in [4.69, 9.17) is 0 Å². The number of aryl methyl sites for hydroxylation is 2. The highest BCUT2D eigenvalue weighted by molar-refractivity contribution is 6.15. The van der Waals surface area contributed by atoms with Crippen molar-refractivity contribution in [2.45, 2.75) is 33.1 Å². The lowest BCUT2D eigenvalue weighted by Gasteiger charge is -2.19. The van der Waals surface area contributed by atoms with Crippen molar-refractivity contribution in [2.75, 3.05) is 0 Å². The molecule has 2 nitrogen and oxygen atoms in total. The van der Waals surface area contributed by atoms with Crippen molar-refractivity contribution in [3.8, 4) is 0 Å². The lowest BCUT2D eigenvalue weighted by atomic mass is 9.83. The van der Waals surface area contributed by atoms with Gasteiger partial charge >= 0.3 is 0 Å². The van der Waals surface area contributed by atoms with Crippen molar-refractivity contribution < 1.29 is 4.79 Å². The molecule has 0 saturated carbocycles. The molecule has 0 bridgehead atoms. The molecule has 0 saturated heterocycles. The first-order valence-electron chi connectivity index (χ1n) is 8.55. The highest BCUT2D eigenvalue weighted by Crippen LogP contribution is 2.42. The van der Waals surface area contributed by atoms with Gasteiger partial charge in [-0.05, 0) is 55.4 Å². The van der Waals surface area contributed by atoms with Crippen molar-refractivity contribution in [3.63, 3.8) is 0 Å². The van der Waals surface area contributed by atoms with E-state index in [0.29, 0.717) is 0 Å². The first-order chi connectivity index (χ1) is 11.6. The summed E-state index contributed by atoms with van der Waals surface area (Å²) in [5.74, 6) is 0.0517. The van der Waals surface area contributed by atoms with Gasteiger partial charge in [0.1, 0.15) is 0 Å². The Morgan fingerprint density at radius 1 is 0.750 bits per heavy atom. The van der Waals surface area contributed by atoms with Gasteiger partial charge in [-0.1, -0.05) is 59.7 Å². The number of benzene rings is 2. The number of hydrogen-bond acceptors (Lipinski definition) is 1. The maximum Gasteiger partial charge on any atom is 0.256 e. The van der Waals surface area contributed by atoms with Crippen molar-refractivity contribution in [1.29, 1.82) is 0 Å². The summed E-state index contributed by atoms with van der Waals surface area (Å²) < 4.78 is 0. The van der Waals surface area contributed by atoms with E-state index in [1.165, 1.54) is 27.8 Å². The first kappa shape index (κ1) is 14.9. The molecule has 0 unspecified atom stereocenters. The Morgan fingerprint density at radius 2 is 1.29 bits per heavy atom. The molecule has 1 amide bonds. The monoisotopic (exact) mass is 315 g/mol. The average Bonchev–Trinajstić information content (AvgIpc) is 2.94. The van der Waals surface area contributed by atoms with Crippen LogP contribution in [0.25, 0.3) is 11.3 Å². The molecular weight excluding hydrogens is 294 g/mol. The number of carbonyl (C=O) groups is 1. The molecule has 0 fully saturated rings. The molecule has 1 N–H and O–H groups in total. The fraction of sp³-hybridized carbons (Fsp3) is 0.227. The third kappa shape index (κ3) is 2.48. The van der Waals surface area contributed by atoms with E-state index < -0.39 is 0 Å². The molecule has 1 aliphatic heterocycles. The second-order valence-corrected chi connectivity index (χ2v) is 6.75. The van der Waals surface area contributed by atoms with Gasteiger partial charge in [0.05, 0.1) is 5.70 Å². The minimum atomic E-state index is 0.0517. The molecule has 0 atom stereocenters. The Labute approximate surface area is 142 Å². The van der Waals surface area contributed by atoms with E-state index in [2.05, 4.69) is 67.7 Å². The summed E-state index contributed by atoms with van der Waals surface area (Å²) in [6, 6.07) is 16.9. The Kier molecular flexibility index (Phi) is 3.61. The molecule has 2 aliphatic rings. The van der Waals surface area contributed by atoms with Crippen LogP contribution in [0.5, 0.6) is 0 Å². The van der Waals surface area contributed by atoms with Crippen LogP contribution in [-0.2, 0) is 4.79 Å². The number of allylic oxidation sites excluding steroid dienone is 1. The second kappa shape index (κ2) is 5.79. The normalized spacial score (nSPS) is 17.2. The van der Waals surface area contributed by atoms with Gasteiger partial charge in [-0.15, -0.1) is 0 Å². The molecule has 24 heavy (non-hydrogen) atoms. The number of carbonyl (C=O) groups excluding carboxylic acids is 1. The van der Waals surface area contributed by atoms with E-state index in [1.54, 1.807) is 0 Å². The molecule has 2 heteroatoms. The summed E-state index contributed by atoms with van der Waals surface area (Å²) in [5.41, 5.74) is 9.03. The van der Waals surface area contributed by atoms with Gasteiger partial charge in [0.2, 0.25) is 0 Å². The van der Waals surface area contributed by atoms with E-state index in [0.717, 1.165) is 36.1 Å². The van der Waals surface area contributed by atoms with Gasteiger partial charge in [0.15, 0.2) is 0 Å². The highest BCUT2D eigenvalue weighted by atomic mass is 16.2. The lowest BCUT2D eigenvalue weighted by molar-refractivity contribution is -0.115. The summed E-state index contributed by atoms with van der Waals surface area (Å²) in [7, 11) is 0. The first-order valence-corrected chi connectivity index (χ1v) is 8.55. The van der Waals surface area contributed by atoms with Crippen LogP contribution in [-0.4, -0.2) is 5.91 Å². The molecular formula is C22H21NO. The number of rotatable bonds is 2. The van der Waals surface area contributed by atoms with Crippen LogP contribution in [0.3, 0.4) is 0 Å². The van der Waals surface area contributed by atoms with Gasteiger partial charge in [0, 0.05) is 5.57 Å². The molecule has 0 spiro atoms. The van der Waals surface area contributed by atoms with Crippen LogP contribution in [0.1, 0.15) is 41.5 Å². The summed E-state index contributed by atoms with van der Waals surface area (Å²) in [6.07, 6.45) is 3.02. The summed E-state index contributed by atoms with van der Waals surface area (Å²) in [6.45, 7) is 4.17. The van der Waals surface area contributed by atoms with Gasteiger partial charge in [-0.3, -0.25) is 4.79 Å². The molecule has 2 aromatic carbocycles. The largest absolute Gasteiger partial charge is 0.321 e. The zero-order valence-electron chi connectivity index (χ0n) is 14.1. The topological polar surface area (TPSA) is 29.1 Å².